The summed E-state index contributed by atoms with van der Waals surface area (Å²) in [6.45, 7) is 1.58. The van der Waals surface area contributed by atoms with Gasteiger partial charge in [-0.3, -0.25) is 0 Å². The number of aromatic amines is 1. The number of ether oxygens (including phenoxy) is 2. The Bertz CT molecular complexity index is 997. The first-order chi connectivity index (χ1) is 13.9. The predicted molar refractivity (Wildman–Crippen MR) is 94.2 cm³/mol. The highest BCUT2D eigenvalue weighted by atomic mass is 19.4. The molecule has 2 amide bonds. The second-order valence-corrected chi connectivity index (χ2v) is 6.51. The van der Waals surface area contributed by atoms with Crippen LogP contribution >= 0.6 is 0 Å². The number of likely N-dealkylation sites (tertiary alicyclic amines) is 1. The van der Waals surface area contributed by atoms with E-state index in [0.29, 0.717) is 22.3 Å². The molecule has 3 heterocycles. The molecule has 0 saturated carbocycles. The molecule has 29 heavy (non-hydrogen) atoms. The van der Waals surface area contributed by atoms with E-state index in [1.165, 1.54) is 24.5 Å². The molecule has 1 aliphatic rings. The Morgan fingerprint density at radius 3 is 2.76 bits per heavy atom. The molecule has 0 bridgehead atoms. The third-order valence-electron chi connectivity index (χ3n) is 4.41. The lowest BCUT2D eigenvalue weighted by Gasteiger charge is -2.30. The number of benzene rings is 1. The van der Waals surface area contributed by atoms with Gasteiger partial charge in [-0.1, -0.05) is 5.16 Å². The van der Waals surface area contributed by atoms with Crippen molar-refractivity contribution in [1.29, 1.82) is 0 Å². The van der Waals surface area contributed by atoms with Gasteiger partial charge >= 0.3 is 12.4 Å². The second-order valence-electron chi connectivity index (χ2n) is 6.51. The monoisotopic (exact) mass is 410 g/mol. The molecule has 1 saturated heterocycles. The third-order valence-corrected chi connectivity index (χ3v) is 4.41. The van der Waals surface area contributed by atoms with E-state index >= 15 is 0 Å². The summed E-state index contributed by atoms with van der Waals surface area (Å²) >= 11 is 0. The third kappa shape index (κ3) is 4.55. The fourth-order valence-corrected chi connectivity index (χ4v) is 2.88. The van der Waals surface area contributed by atoms with Gasteiger partial charge in [0.15, 0.2) is 11.5 Å². The Balaban J connectivity index is 1.54. The topological polar surface area (TPSA) is 92.6 Å². The summed E-state index contributed by atoms with van der Waals surface area (Å²) in [6.07, 6.45) is -2.55. The van der Waals surface area contributed by atoms with Gasteiger partial charge < -0.3 is 29.2 Å². The number of nitrogens with zero attached hydrogens (tertiary/aromatic N) is 2. The zero-order valence-corrected chi connectivity index (χ0v) is 15.1. The standard InChI is InChI=1S/C18H17F3N4O4/c19-18(20,21)29-16-7-11-6-13(9-22-17(26)25-3-1-4-25)23-14(11)8-15(16)27-10-12-2-5-28-24-12/h2,5-8,23H,1,3-4,9-10H2,(H,22,26). The van der Waals surface area contributed by atoms with Crippen molar-refractivity contribution in [3.8, 4) is 11.5 Å². The molecule has 1 aromatic carbocycles. The first-order valence-corrected chi connectivity index (χ1v) is 8.83. The summed E-state index contributed by atoms with van der Waals surface area (Å²) < 4.78 is 52.6. The molecule has 154 valence electrons. The highest BCUT2D eigenvalue weighted by Gasteiger charge is 2.33. The van der Waals surface area contributed by atoms with Gasteiger partial charge in [-0.25, -0.2) is 4.79 Å². The maximum Gasteiger partial charge on any atom is 0.573 e. The number of hydrogen-bond acceptors (Lipinski definition) is 5. The number of alkyl halides is 3. The minimum Gasteiger partial charge on any atom is -0.483 e. The van der Waals surface area contributed by atoms with Crippen LogP contribution in [0.4, 0.5) is 18.0 Å². The zero-order chi connectivity index (χ0) is 20.4. The lowest BCUT2D eigenvalue weighted by molar-refractivity contribution is -0.275. The van der Waals surface area contributed by atoms with Crippen LogP contribution in [0.25, 0.3) is 10.9 Å². The zero-order valence-electron chi connectivity index (χ0n) is 15.1. The van der Waals surface area contributed by atoms with Crippen LogP contribution in [0.1, 0.15) is 17.8 Å². The van der Waals surface area contributed by atoms with Gasteiger partial charge in [0.05, 0.1) is 6.54 Å². The van der Waals surface area contributed by atoms with E-state index in [1.54, 1.807) is 11.0 Å². The number of H-pyrrole nitrogens is 1. The van der Waals surface area contributed by atoms with Gasteiger partial charge in [0, 0.05) is 41.8 Å². The Labute approximate surface area is 162 Å². The summed E-state index contributed by atoms with van der Waals surface area (Å²) in [5.41, 5.74) is 1.60. The van der Waals surface area contributed by atoms with E-state index in [2.05, 4.69) is 24.7 Å². The average molecular weight is 410 g/mol. The molecule has 2 N–H and O–H groups in total. The predicted octanol–water partition coefficient (Wildman–Crippen LogP) is 3.55. The van der Waals surface area contributed by atoms with Crippen molar-refractivity contribution >= 4 is 16.9 Å². The Morgan fingerprint density at radius 2 is 2.10 bits per heavy atom. The molecule has 0 unspecified atom stereocenters. The molecule has 0 spiro atoms. The van der Waals surface area contributed by atoms with Crippen LogP contribution in [-0.2, 0) is 13.2 Å². The molecule has 11 heteroatoms. The largest absolute Gasteiger partial charge is 0.573 e. The molecule has 1 aliphatic heterocycles. The number of fused-ring (bicyclic) bond motifs is 1. The van der Waals surface area contributed by atoms with Crippen molar-refractivity contribution < 1.29 is 32.0 Å². The maximum absolute atomic E-state index is 12.8. The fraction of sp³-hybridized carbons (Fsp3) is 0.333. The number of halogens is 3. The van der Waals surface area contributed by atoms with E-state index in [4.69, 9.17) is 4.74 Å². The van der Waals surface area contributed by atoms with E-state index in [0.717, 1.165) is 19.5 Å². The van der Waals surface area contributed by atoms with Crippen molar-refractivity contribution in [2.24, 2.45) is 0 Å². The quantitative estimate of drug-likeness (QED) is 0.648. The van der Waals surface area contributed by atoms with Gasteiger partial charge in [0.1, 0.15) is 18.6 Å². The smallest absolute Gasteiger partial charge is 0.483 e. The van der Waals surface area contributed by atoms with Crippen LogP contribution in [0.2, 0.25) is 0 Å². The second kappa shape index (κ2) is 7.57. The number of urea groups is 1. The normalized spacial score (nSPS) is 14.0. The molecule has 8 nitrogen and oxygen atoms in total. The Hall–Kier alpha value is -3.37. The summed E-state index contributed by atoms with van der Waals surface area (Å²) in [6, 6.07) is 5.66. The van der Waals surface area contributed by atoms with Crippen LogP contribution in [0.5, 0.6) is 11.5 Å². The van der Waals surface area contributed by atoms with Crippen molar-refractivity contribution in [2.45, 2.75) is 25.9 Å². The van der Waals surface area contributed by atoms with Crippen molar-refractivity contribution in [3.63, 3.8) is 0 Å². The molecule has 0 aliphatic carbocycles. The molecule has 0 atom stereocenters. The highest BCUT2D eigenvalue weighted by Crippen LogP contribution is 2.36. The van der Waals surface area contributed by atoms with Crippen LogP contribution in [0.15, 0.2) is 35.1 Å². The Morgan fingerprint density at radius 1 is 1.28 bits per heavy atom. The molecular formula is C18H17F3N4O4. The number of amides is 2. The summed E-state index contributed by atoms with van der Waals surface area (Å²) in [5, 5.41) is 6.91. The number of nitrogens with one attached hydrogen (secondary N) is 2. The highest BCUT2D eigenvalue weighted by molar-refractivity contribution is 5.84. The molecule has 2 aromatic heterocycles. The maximum atomic E-state index is 12.8. The minimum absolute atomic E-state index is 0.0876. The minimum atomic E-state index is -4.87. The first kappa shape index (κ1) is 19.0. The number of aromatic nitrogens is 2. The molecule has 0 radical (unpaired) electrons. The van der Waals surface area contributed by atoms with Crippen LogP contribution in [0.3, 0.4) is 0 Å². The number of hydrogen-bond donors (Lipinski definition) is 2. The first-order valence-electron chi connectivity index (χ1n) is 8.83. The van der Waals surface area contributed by atoms with Gasteiger partial charge in [-0.15, -0.1) is 13.2 Å². The van der Waals surface area contributed by atoms with Crippen molar-refractivity contribution in [1.82, 2.24) is 20.4 Å². The SMILES string of the molecule is O=C(NCc1cc2cc(OC(F)(F)F)c(OCc3ccon3)cc2[nH]1)N1CCC1. The fourth-order valence-electron chi connectivity index (χ4n) is 2.88. The molecule has 3 aromatic rings. The number of carbonyl (C=O) groups is 1. The number of rotatable bonds is 6. The summed E-state index contributed by atoms with van der Waals surface area (Å²) in [5.74, 6) is -0.570. The molecule has 1 fully saturated rings. The summed E-state index contributed by atoms with van der Waals surface area (Å²) in [7, 11) is 0. The van der Waals surface area contributed by atoms with Crippen molar-refractivity contribution in [2.75, 3.05) is 13.1 Å². The van der Waals surface area contributed by atoms with Gasteiger partial charge in [-0.05, 0) is 18.6 Å². The average Bonchev–Trinajstić information content (AvgIpc) is 3.24. The lowest BCUT2D eigenvalue weighted by Crippen LogP contribution is -2.47. The van der Waals surface area contributed by atoms with E-state index in [9.17, 15) is 18.0 Å². The van der Waals surface area contributed by atoms with Gasteiger partial charge in [-0.2, -0.15) is 0 Å². The van der Waals surface area contributed by atoms with Gasteiger partial charge in [0.2, 0.25) is 0 Å². The van der Waals surface area contributed by atoms with E-state index < -0.39 is 12.1 Å². The van der Waals surface area contributed by atoms with Crippen LogP contribution in [0, 0.1) is 0 Å². The van der Waals surface area contributed by atoms with Crippen LogP contribution < -0.4 is 14.8 Å². The van der Waals surface area contributed by atoms with Crippen LogP contribution in [-0.4, -0.2) is 40.5 Å². The lowest BCUT2D eigenvalue weighted by atomic mass is 10.2. The van der Waals surface area contributed by atoms with Crippen molar-refractivity contribution in [3.05, 3.63) is 41.9 Å². The molecule has 4 rings (SSSR count). The van der Waals surface area contributed by atoms with E-state index in [-0.39, 0.29) is 24.9 Å². The Kier molecular flexibility index (Phi) is 4.95. The number of carbonyl (C=O) groups excluding carboxylic acids is 1. The summed E-state index contributed by atoms with van der Waals surface area (Å²) in [4.78, 5) is 16.6. The molecular weight excluding hydrogens is 393 g/mol. The van der Waals surface area contributed by atoms with Gasteiger partial charge in [0.25, 0.3) is 0 Å². The van der Waals surface area contributed by atoms with E-state index in [1.807, 2.05) is 0 Å².